The van der Waals surface area contributed by atoms with E-state index >= 15 is 0 Å². The van der Waals surface area contributed by atoms with Crippen LogP contribution in [0.25, 0.3) is 11.3 Å². The van der Waals surface area contributed by atoms with Gasteiger partial charge in [-0.05, 0) is 28.1 Å². The summed E-state index contributed by atoms with van der Waals surface area (Å²) in [5, 5.41) is 0.242. The molecule has 0 radical (unpaired) electrons. The average Bonchev–Trinajstić information content (AvgIpc) is 2.22. The molecule has 15 heavy (non-hydrogen) atoms. The zero-order valence-corrected chi connectivity index (χ0v) is 9.76. The van der Waals surface area contributed by atoms with Crippen molar-refractivity contribution in [3.8, 4) is 11.3 Å². The summed E-state index contributed by atoms with van der Waals surface area (Å²) < 4.78 is 14.1. The molecule has 0 aliphatic carbocycles. The Hall–Kier alpha value is -1.00. The van der Waals surface area contributed by atoms with Crippen LogP contribution in [0.1, 0.15) is 0 Å². The Morgan fingerprint density at radius 3 is 2.80 bits per heavy atom. The Morgan fingerprint density at radius 1 is 1.27 bits per heavy atom. The van der Waals surface area contributed by atoms with Gasteiger partial charge < -0.3 is 0 Å². The van der Waals surface area contributed by atoms with Crippen molar-refractivity contribution in [2.75, 3.05) is 0 Å². The van der Waals surface area contributed by atoms with Crippen molar-refractivity contribution < 1.29 is 4.39 Å². The van der Waals surface area contributed by atoms with Crippen LogP contribution in [0.5, 0.6) is 0 Å². The van der Waals surface area contributed by atoms with Crippen LogP contribution >= 0.6 is 27.5 Å². The molecule has 5 heteroatoms. The van der Waals surface area contributed by atoms with E-state index in [0.717, 1.165) is 0 Å². The smallest absolute Gasteiger partial charge is 0.148 e. The standard InChI is InChI=1S/C10H5BrClFN2/c11-7-3-1-2-6(10(7)13)8-4-14-5-9(12)15-8/h1-5H. The van der Waals surface area contributed by atoms with Gasteiger partial charge in [0, 0.05) is 5.56 Å². The molecule has 0 spiro atoms. The Kier molecular flexibility index (Phi) is 2.98. The van der Waals surface area contributed by atoms with Gasteiger partial charge in [-0.1, -0.05) is 17.7 Å². The van der Waals surface area contributed by atoms with Crippen molar-refractivity contribution >= 4 is 27.5 Å². The van der Waals surface area contributed by atoms with Crippen molar-refractivity contribution in [1.82, 2.24) is 9.97 Å². The van der Waals surface area contributed by atoms with Gasteiger partial charge in [-0.2, -0.15) is 0 Å². The normalized spacial score (nSPS) is 10.3. The Morgan fingerprint density at radius 2 is 2.07 bits per heavy atom. The fourth-order valence-corrected chi connectivity index (χ4v) is 1.69. The topological polar surface area (TPSA) is 25.8 Å². The second-order valence-corrected chi connectivity index (χ2v) is 4.07. The lowest BCUT2D eigenvalue weighted by molar-refractivity contribution is 0.624. The van der Waals surface area contributed by atoms with E-state index in [0.29, 0.717) is 15.7 Å². The summed E-state index contributed by atoms with van der Waals surface area (Å²) in [6.45, 7) is 0. The minimum atomic E-state index is -0.367. The maximum absolute atomic E-state index is 13.7. The third-order valence-electron chi connectivity index (χ3n) is 1.83. The molecule has 0 bridgehead atoms. The highest BCUT2D eigenvalue weighted by Crippen LogP contribution is 2.26. The maximum Gasteiger partial charge on any atom is 0.148 e. The van der Waals surface area contributed by atoms with Crippen LogP contribution in [-0.2, 0) is 0 Å². The van der Waals surface area contributed by atoms with Crippen LogP contribution < -0.4 is 0 Å². The quantitative estimate of drug-likeness (QED) is 0.799. The molecule has 76 valence electrons. The third-order valence-corrected chi connectivity index (χ3v) is 2.63. The van der Waals surface area contributed by atoms with Crippen LogP contribution in [-0.4, -0.2) is 9.97 Å². The molecule has 0 aliphatic rings. The first-order chi connectivity index (χ1) is 7.18. The van der Waals surface area contributed by atoms with Crippen LogP contribution in [0.4, 0.5) is 4.39 Å². The highest BCUT2D eigenvalue weighted by atomic mass is 79.9. The molecule has 2 nitrogen and oxygen atoms in total. The van der Waals surface area contributed by atoms with E-state index in [2.05, 4.69) is 25.9 Å². The van der Waals surface area contributed by atoms with E-state index in [9.17, 15) is 4.39 Å². The van der Waals surface area contributed by atoms with Crippen LogP contribution in [0, 0.1) is 5.82 Å². The molecule has 0 unspecified atom stereocenters. The van der Waals surface area contributed by atoms with Gasteiger partial charge >= 0.3 is 0 Å². The minimum Gasteiger partial charge on any atom is -0.259 e. The molecule has 0 atom stereocenters. The van der Waals surface area contributed by atoms with E-state index in [1.807, 2.05) is 0 Å². The molecule has 0 amide bonds. The number of benzene rings is 1. The highest BCUT2D eigenvalue weighted by molar-refractivity contribution is 9.10. The summed E-state index contributed by atoms with van der Waals surface area (Å²) in [6, 6.07) is 4.97. The van der Waals surface area contributed by atoms with Crippen molar-refractivity contribution in [3.05, 3.63) is 46.0 Å². The fourth-order valence-electron chi connectivity index (χ4n) is 1.17. The second-order valence-electron chi connectivity index (χ2n) is 2.83. The zero-order chi connectivity index (χ0) is 10.8. The first kappa shape index (κ1) is 10.5. The Balaban J connectivity index is 2.59. The molecular weight excluding hydrogens is 282 g/mol. The Labute approximate surface area is 99.3 Å². The van der Waals surface area contributed by atoms with Crippen molar-refractivity contribution in [2.45, 2.75) is 0 Å². The molecule has 0 fully saturated rings. The SMILES string of the molecule is Fc1c(Br)cccc1-c1cncc(Cl)n1. The van der Waals surface area contributed by atoms with Gasteiger partial charge in [0.2, 0.25) is 0 Å². The summed E-state index contributed by atoms with van der Waals surface area (Å²) >= 11 is 8.78. The molecular formula is C10H5BrClFN2. The van der Waals surface area contributed by atoms with E-state index in [-0.39, 0.29) is 11.0 Å². The minimum absolute atomic E-state index is 0.242. The maximum atomic E-state index is 13.7. The Bertz CT molecular complexity index is 505. The molecule has 1 aromatic heterocycles. The van der Waals surface area contributed by atoms with E-state index < -0.39 is 0 Å². The summed E-state index contributed by atoms with van der Waals surface area (Å²) in [7, 11) is 0. The first-order valence-electron chi connectivity index (χ1n) is 4.10. The predicted octanol–water partition coefficient (Wildman–Crippen LogP) is 3.70. The van der Waals surface area contributed by atoms with Crippen molar-refractivity contribution in [2.24, 2.45) is 0 Å². The molecule has 1 heterocycles. The molecule has 0 aliphatic heterocycles. The van der Waals surface area contributed by atoms with E-state index in [1.54, 1.807) is 18.2 Å². The lowest BCUT2D eigenvalue weighted by Crippen LogP contribution is -1.90. The molecule has 2 rings (SSSR count). The number of hydrogen-bond acceptors (Lipinski definition) is 2. The third kappa shape index (κ3) is 2.16. The zero-order valence-electron chi connectivity index (χ0n) is 7.42. The summed E-state index contributed by atoms with van der Waals surface area (Å²) in [5.74, 6) is -0.367. The van der Waals surface area contributed by atoms with Gasteiger partial charge in [0.25, 0.3) is 0 Å². The average molecular weight is 288 g/mol. The molecule has 2 aromatic rings. The monoisotopic (exact) mass is 286 g/mol. The lowest BCUT2D eigenvalue weighted by atomic mass is 10.1. The summed E-state index contributed by atoms with van der Waals surface area (Å²) in [6.07, 6.45) is 2.87. The van der Waals surface area contributed by atoms with Crippen LogP contribution in [0.3, 0.4) is 0 Å². The first-order valence-corrected chi connectivity index (χ1v) is 5.27. The lowest BCUT2D eigenvalue weighted by Gasteiger charge is -2.03. The highest BCUT2D eigenvalue weighted by Gasteiger charge is 2.09. The van der Waals surface area contributed by atoms with Crippen LogP contribution in [0.15, 0.2) is 35.1 Å². The number of rotatable bonds is 1. The number of aromatic nitrogens is 2. The van der Waals surface area contributed by atoms with Crippen molar-refractivity contribution in [3.63, 3.8) is 0 Å². The van der Waals surface area contributed by atoms with Gasteiger partial charge in [-0.25, -0.2) is 9.37 Å². The molecule has 0 N–H and O–H groups in total. The summed E-state index contributed by atoms with van der Waals surface area (Å²) in [5.41, 5.74) is 0.792. The van der Waals surface area contributed by atoms with Crippen LogP contribution in [0.2, 0.25) is 5.15 Å². The van der Waals surface area contributed by atoms with Crippen molar-refractivity contribution in [1.29, 1.82) is 0 Å². The van der Waals surface area contributed by atoms with Gasteiger partial charge in [0.05, 0.1) is 22.6 Å². The summed E-state index contributed by atoms with van der Waals surface area (Å²) in [4.78, 5) is 7.84. The number of hydrogen-bond donors (Lipinski definition) is 0. The number of halogens is 3. The van der Waals surface area contributed by atoms with Gasteiger partial charge in [-0.15, -0.1) is 0 Å². The largest absolute Gasteiger partial charge is 0.259 e. The van der Waals surface area contributed by atoms with Gasteiger partial charge in [0.1, 0.15) is 11.0 Å². The predicted molar refractivity (Wildman–Crippen MR) is 60.1 cm³/mol. The fraction of sp³-hybridized carbons (Fsp3) is 0. The van der Waals surface area contributed by atoms with E-state index in [1.165, 1.54) is 12.4 Å². The number of nitrogens with zero attached hydrogens (tertiary/aromatic N) is 2. The van der Waals surface area contributed by atoms with Gasteiger partial charge in [0.15, 0.2) is 0 Å². The van der Waals surface area contributed by atoms with E-state index in [4.69, 9.17) is 11.6 Å². The molecule has 0 saturated heterocycles. The van der Waals surface area contributed by atoms with Gasteiger partial charge in [-0.3, -0.25) is 4.98 Å². The second kappa shape index (κ2) is 4.24. The molecule has 1 aromatic carbocycles. The molecule has 0 saturated carbocycles.